The maximum absolute atomic E-state index is 12.0. The Morgan fingerprint density at radius 3 is 2.96 bits per heavy atom. The van der Waals surface area contributed by atoms with Crippen molar-refractivity contribution in [2.45, 2.75) is 58.3 Å². The molecule has 1 amide bonds. The van der Waals surface area contributed by atoms with Crippen molar-refractivity contribution in [1.29, 1.82) is 5.26 Å². The monoisotopic (exact) mass is 359 g/mol. The van der Waals surface area contributed by atoms with Crippen LogP contribution in [0.4, 0.5) is 0 Å². The van der Waals surface area contributed by atoms with Crippen molar-refractivity contribution in [3.05, 3.63) is 22.4 Å². The molecule has 7 nitrogen and oxygen atoms in total. The van der Waals surface area contributed by atoms with Gasteiger partial charge in [0.2, 0.25) is 5.88 Å². The second-order valence-corrected chi connectivity index (χ2v) is 7.40. The van der Waals surface area contributed by atoms with E-state index in [1.807, 2.05) is 20.8 Å². The molecule has 1 aromatic rings. The number of rotatable bonds is 5. The van der Waals surface area contributed by atoms with Crippen molar-refractivity contribution in [2.75, 3.05) is 19.8 Å². The number of carbonyl (C=O) groups is 1. The third kappa shape index (κ3) is 4.14. The fraction of sp³-hybridized carbons (Fsp3) is 0.632. The molecule has 0 bridgehead atoms. The van der Waals surface area contributed by atoms with Crippen LogP contribution in [0.25, 0.3) is 0 Å². The topological polar surface area (TPSA) is 93.5 Å². The lowest BCUT2D eigenvalue weighted by Gasteiger charge is -2.33. The lowest BCUT2D eigenvalue weighted by Crippen LogP contribution is -2.35. The van der Waals surface area contributed by atoms with Crippen molar-refractivity contribution in [2.24, 2.45) is 0 Å². The Balaban J connectivity index is 1.69. The predicted molar refractivity (Wildman–Crippen MR) is 93.7 cm³/mol. The SMILES string of the molecule is Cc1nc(OCC(=O)NC[C@@H]2CCCO2)c(C#N)c2c1COC(C)(C)C2. The van der Waals surface area contributed by atoms with Crippen molar-refractivity contribution >= 4 is 5.91 Å². The minimum atomic E-state index is -0.345. The highest BCUT2D eigenvalue weighted by molar-refractivity contribution is 5.77. The molecule has 140 valence electrons. The highest BCUT2D eigenvalue weighted by Gasteiger charge is 2.31. The van der Waals surface area contributed by atoms with Crippen LogP contribution >= 0.6 is 0 Å². The maximum Gasteiger partial charge on any atom is 0.258 e. The van der Waals surface area contributed by atoms with Crippen LogP contribution in [0.15, 0.2) is 0 Å². The molecule has 1 N–H and O–H groups in total. The number of nitrogens with one attached hydrogen (secondary N) is 1. The highest BCUT2D eigenvalue weighted by atomic mass is 16.5. The van der Waals surface area contributed by atoms with E-state index in [-0.39, 0.29) is 30.1 Å². The van der Waals surface area contributed by atoms with Gasteiger partial charge < -0.3 is 19.5 Å². The van der Waals surface area contributed by atoms with E-state index in [9.17, 15) is 10.1 Å². The molecule has 3 rings (SSSR count). The van der Waals surface area contributed by atoms with Crippen molar-refractivity contribution < 1.29 is 19.0 Å². The Kier molecular flexibility index (Phi) is 5.44. The zero-order chi connectivity index (χ0) is 18.7. The number of nitriles is 1. The number of hydrogen-bond donors (Lipinski definition) is 1. The summed E-state index contributed by atoms with van der Waals surface area (Å²) >= 11 is 0. The molecule has 1 fully saturated rings. The number of fused-ring (bicyclic) bond motifs is 1. The van der Waals surface area contributed by atoms with Gasteiger partial charge in [0.1, 0.15) is 11.6 Å². The largest absolute Gasteiger partial charge is 0.467 e. The van der Waals surface area contributed by atoms with Crippen LogP contribution in [-0.4, -0.2) is 42.4 Å². The van der Waals surface area contributed by atoms with E-state index in [2.05, 4.69) is 16.4 Å². The number of amides is 1. The quantitative estimate of drug-likeness (QED) is 0.861. The van der Waals surface area contributed by atoms with Crippen LogP contribution in [0.2, 0.25) is 0 Å². The average Bonchev–Trinajstić information content (AvgIpc) is 3.10. The lowest BCUT2D eigenvalue weighted by molar-refractivity contribution is -0.123. The van der Waals surface area contributed by atoms with Crippen molar-refractivity contribution in [3.8, 4) is 11.9 Å². The second kappa shape index (κ2) is 7.60. The number of aromatic nitrogens is 1. The van der Waals surface area contributed by atoms with E-state index in [0.717, 1.165) is 36.3 Å². The molecular weight excluding hydrogens is 334 g/mol. The lowest BCUT2D eigenvalue weighted by atomic mass is 9.88. The van der Waals surface area contributed by atoms with Crippen LogP contribution in [0, 0.1) is 18.3 Å². The van der Waals surface area contributed by atoms with E-state index in [4.69, 9.17) is 14.2 Å². The van der Waals surface area contributed by atoms with Crippen LogP contribution < -0.4 is 10.1 Å². The normalized spacial score (nSPS) is 20.9. The Morgan fingerprint density at radius 1 is 1.46 bits per heavy atom. The summed E-state index contributed by atoms with van der Waals surface area (Å²) in [5, 5.41) is 12.4. The number of hydrogen-bond acceptors (Lipinski definition) is 6. The fourth-order valence-electron chi connectivity index (χ4n) is 3.34. The highest BCUT2D eigenvalue weighted by Crippen LogP contribution is 2.34. The standard InChI is InChI=1S/C19H25N3O4/c1-12-16-10-26-19(2,3)7-14(16)15(8-20)18(22-12)25-11-17(23)21-9-13-5-4-6-24-13/h13H,4-7,9-11H2,1-3H3,(H,21,23)/t13-/m0/s1. The van der Waals surface area contributed by atoms with Gasteiger partial charge in [-0.15, -0.1) is 0 Å². The van der Waals surface area contributed by atoms with Crippen LogP contribution in [0.3, 0.4) is 0 Å². The molecule has 2 aliphatic rings. The van der Waals surface area contributed by atoms with Gasteiger partial charge in [0, 0.05) is 30.8 Å². The Bertz CT molecular complexity index is 733. The Labute approximate surface area is 153 Å². The zero-order valence-electron chi connectivity index (χ0n) is 15.6. The first-order valence-electron chi connectivity index (χ1n) is 8.97. The number of pyridine rings is 1. The zero-order valence-corrected chi connectivity index (χ0v) is 15.6. The maximum atomic E-state index is 12.0. The molecule has 0 saturated carbocycles. The van der Waals surface area contributed by atoms with Gasteiger partial charge in [-0.3, -0.25) is 4.79 Å². The summed E-state index contributed by atoms with van der Waals surface area (Å²) in [4.78, 5) is 16.4. The van der Waals surface area contributed by atoms with Gasteiger partial charge >= 0.3 is 0 Å². The van der Waals surface area contributed by atoms with Gasteiger partial charge in [0.05, 0.1) is 18.3 Å². The summed E-state index contributed by atoms with van der Waals surface area (Å²) in [5.74, 6) is -0.0288. The molecule has 2 aliphatic heterocycles. The van der Waals surface area contributed by atoms with Crippen molar-refractivity contribution in [1.82, 2.24) is 10.3 Å². The van der Waals surface area contributed by atoms with E-state index in [0.29, 0.717) is 25.1 Å². The summed E-state index contributed by atoms with van der Waals surface area (Å²) in [5.41, 5.74) is 2.67. The molecule has 1 aromatic heterocycles. The third-order valence-corrected chi connectivity index (χ3v) is 4.80. The van der Waals surface area contributed by atoms with Crippen LogP contribution in [0.1, 0.15) is 49.1 Å². The first-order valence-corrected chi connectivity index (χ1v) is 8.97. The molecule has 0 radical (unpaired) electrons. The predicted octanol–water partition coefficient (Wildman–Crippen LogP) is 1.79. The van der Waals surface area contributed by atoms with E-state index < -0.39 is 0 Å². The summed E-state index contributed by atoms with van der Waals surface area (Å²) in [7, 11) is 0. The number of aryl methyl sites for hydroxylation is 1. The van der Waals surface area contributed by atoms with Crippen LogP contribution in [-0.2, 0) is 27.3 Å². The summed E-state index contributed by atoms with van der Waals surface area (Å²) in [6.07, 6.45) is 2.68. The fourth-order valence-corrected chi connectivity index (χ4v) is 3.34. The average molecular weight is 359 g/mol. The van der Waals surface area contributed by atoms with Gasteiger partial charge in [-0.1, -0.05) is 0 Å². The number of carbonyl (C=O) groups excluding carboxylic acids is 1. The molecule has 7 heteroatoms. The molecule has 0 unspecified atom stereocenters. The summed E-state index contributed by atoms with van der Waals surface area (Å²) in [6, 6.07) is 2.19. The van der Waals surface area contributed by atoms with Crippen LogP contribution in [0.5, 0.6) is 5.88 Å². The van der Waals surface area contributed by atoms with E-state index in [1.165, 1.54) is 0 Å². The molecular formula is C19H25N3O4. The minimum Gasteiger partial charge on any atom is -0.467 e. The Hall–Kier alpha value is -2.17. The van der Waals surface area contributed by atoms with Gasteiger partial charge in [-0.05, 0) is 39.2 Å². The summed E-state index contributed by atoms with van der Waals surface area (Å²) < 4.78 is 16.9. The van der Waals surface area contributed by atoms with E-state index in [1.54, 1.807) is 0 Å². The Morgan fingerprint density at radius 2 is 2.27 bits per heavy atom. The van der Waals surface area contributed by atoms with Gasteiger partial charge in [0.25, 0.3) is 5.91 Å². The molecule has 0 aromatic carbocycles. The molecule has 0 spiro atoms. The molecule has 1 saturated heterocycles. The third-order valence-electron chi connectivity index (χ3n) is 4.80. The smallest absolute Gasteiger partial charge is 0.258 e. The minimum absolute atomic E-state index is 0.0833. The molecule has 1 atom stereocenters. The van der Waals surface area contributed by atoms with Gasteiger partial charge in [0.15, 0.2) is 6.61 Å². The second-order valence-electron chi connectivity index (χ2n) is 7.40. The van der Waals surface area contributed by atoms with E-state index >= 15 is 0 Å². The molecule has 0 aliphatic carbocycles. The number of ether oxygens (including phenoxy) is 3. The van der Waals surface area contributed by atoms with Gasteiger partial charge in [-0.25, -0.2) is 4.98 Å². The van der Waals surface area contributed by atoms with Gasteiger partial charge in [-0.2, -0.15) is 5.26 Å². The molecule has 26 heavy (non-hydrogen) atoms. The van der Waals surface area contributed by atoms with Crippen molar-refractivity contribution in [3.63, 3.8) is 0 Å². The number of nitrogens with zero attached hydrogens (tertiary/aromatic N) is 2. The first-order chi connectivity index (χ1) is 12.4. The summed E-state index contributed by atoms with van der Waals surface area (Å²) in [6.45, 7) is 7.34. The first kappa shape index (κ1) is 18.6. The molecule has 3 heterocycles.